The summed E-state index contributed by atoms with van der Waals surface area (Å²) in [5, 5.41) is 0. The molecule has 1 amide bonds. The van der Waals surface area contributed by atoms with Gasteiger partial charge in [0.2, 0.25) is 0 Å². The van der Waals surface area contributed by atoms with Gasteiger partial charge in [-0.25, -0.2) is 4.79 Å². The van der Waals surface area contributed by atoms with Crippen LogP contribution in [0.3, 0.4) is 0 Å². The summed E-state index contributed by atoms with van der Waals surface area (Å²) in [6, 6.07) is 9.96. The molecule has 2 atom stereocenters. The highest BCUT2D eigenvalue weighted by Crippen LogP contribution is 2.34. The molecule has 5 nitrogen and oxygen atoms in total. The van der Waals surface area contributed by atoms with Crippen LogP contribution in [0, 0.1) is 5.92 Å². The van der Waals surface area contributed by atoms with Crippen LogP contribution in [0.1, 0.15) is 46.6 Å². The van der Waals surface area contributed by atoms with E-state index in [2.05, 4.69) is 6.58 Å². The highest BCUT2D eigenvalue weighted by atomic mass is 16.6. The molecule has 1 aromatic rings. The van der Waals surface area contributed by atoms with Crippen molar-refractivity contribution < 1.29 is 19.0 Å². The van der Waals surface area contributed by atoms with E-state index in [9.17, 15) is 4.79 Å². The molecule has 0 aliphatic carbocycles. The summed E-state index contributed by atoms with van der Waals surface area (Å²) in [7, 11) is 0. The Bertz CT molecular complexity index is 621. The van der Waals surface area contributed by atoms with Gasteiger partial charge < -0.3 is 14.2 Å². The van der Waals surface area contributed by atoms with Crippen molar-refractivity contribution in [3.05, 3.63) is 48.6 Å². The minimum absolute atomic E-state index is 0.0649. The zero-order valence-electron chi connectivity index (χ0n) is 17.2. The van der Waals surface area contributed by atoms with Crippen molar-refractivity contribution in [2.45, 2.75) is 65.0 Å². The standard InChI is InChI=1S/C22H33NO4/c1-7-18(13-14-25-15-17-11-9-8-10-12-17)19-16-26-22(5,6)23(19)20(24)27-21(2,3)4/h7-12,18-19H,1,13-16H2,2-6H3/t18-,19-/m1/s1. The average Bonchev–Trinajstić information content (AvgIpc) is 2.89. The molecule has 1 aromatic carbocycles. The summed E-state index contributed by atoms with van der Waals surface area (Å²) in [6.07, 6.45) is 2.30. The molecule has 0 spiro atoms. The van der Waals surface area contributed by atoms with Gasteiger partial charge in [0.05, 0.1) is 19.3 Å². The predicted octanol–water partition coefficient (Wildman–Crippen LogP) is 4.77. The summed E-state index contributed by atoms with van der Waals surface area (Å²) in [5.74, 6) is 0.0649. The van der Waals surface area contributed by atoms with E-state index in [1.165, 1.54) is 0 Å². The first-order valence-corrected chi connectivity index (χ1v) is 9.54. The molecule has 0 N–H and O–H groups in total. The average molecular weight is 376 g/mol. The van der Waals surface area contributed by atoms with E-state index in [4.69, 9.17) is 14.2 Å². The normalized spacial score (nSPS) is 20.3. The summed E-state index contributed by atoms with van der Waals surface area (Å²) in [6.45, 7) is 15.0. The summed E-state index contributed by atoms with van der Waals surface area (Å²) in [4.78, 5) is 14.5. The van der Waals surface area contributed by atoms with Crippen LogP contribution in [-0.4, -0.2) is 41.6 Å². The monoisotopic (exact) mass is 375 g/mol. The van der Waals surface area contributed by atoms with Crippen molar-refractivity contribution in [1.29, 1.82) is 0 Å². The lowest BCUT2D eigenvalue weighted by Gasteiger charge is -2.37. The molecular weight excluding hydrogens is 342 g/mol. The SMILES string of the molecule is C=C[C@H](CCOCc1ccccc1)[C@H]1COC(C)(C)N1C(=O)OC(C)(C)C. The van der Waals surface area contributed by atoms with E-state index < -0.39 is 11.3 Å². The molecule has 27 heavy (non-hydrogen) atoms. The molecule has 2 rings (SSSR count). The van der Waals surface area contributed by atoms with Crippen molar-refractivity contribution in [1.82, 2.24) is 4.90 Å². The Hall–Kier alpha value is -1.85. The Kier molecular flexibility index (Phi) is 7.06. The molecule has 1 saturated heterocycles. The number of carbonyl (C=O) groups is 1. The molecule has 0 unspecified atom stereocenters. The van der Waals surface area contributed by atoms with Crippen LogP contribution in [-0.2, 0) is 20.8 Å². The van der Waals surface area contributed by atoms with Crippen LogP contribution in [0.2, 0.25) is 0 Å². The van der Waals surface area contributed by atoms with Crippen molar-refractivity contribution in [3.63, 3.8) is 0 Å². The molecular formula is C22H33NO4. The third kappa shape index (κ3) is 6.08. The fourth-order valence-corrected chi connectivity index (χ4v) is 3.27. The van der Waals surface area contributed by atoms with Gasteiger partial charge in [0.15, 0.2) is 0 Å². The van der Waals surface area contributed by atoms with Crippen LogP contribution in [0.15, 0.2) is 43.0 Å². The van der Waals surface area contributed by atoms with Gasteiger partial charge in [-0.3, -0.25) is 4.90 Å². The van der Waals surface area contributed by atoms with Crippen molar-refractivity contribution in [2.75, 3.05) is 13.2 Å². The van der Waals surface area contributed by atoms with E-state index in [0.717, 1.165) is 12.0 Å². The Balaban J connectivity index is 1.96. The van der Waals surface area contributed by atoms with Crippen LogP contribution in [0.4, 0.5) is 4.79 Å². The lowest BCUT2D eigenvalue weighted by molar-refractivity contribution is -0.0641. The zero-order valence-corrected chi connectivity index (χ0v) is 17.2. The summed E-state index contributed by atoms with van der Waals surface area (Å²) in [5.41, 5.74) is -0.115. The van der Waals surface area contributed by atoms with Gasteiger partial charge in [0.25, 0.3) is 0 Å². The van der Waals surface area contributed by atoms with E-state index in [1.807, 2.05) is 71.0 Å². The number of ether oxygens (including phenoxy) is 3. The molecule has 1 heterocycles. The zero-order chi connectivity index (χ0) is 20.1. The van der Waals surface area contributed by atoms with E-state index in [-0.39, 0.29) is 18.1 Å². The molecule has 1 aliphatic rings. The molecule has 5 heteroatoms. The molecule has 150 valence electrons. The fourth-order valence-electron chi connectivity index (χ4n) is 3.27. The number of nitrogens with zero attached hydrogens (tertiary/aromatic N) is 1. The summed E-state index contributed by atoms with van der Waals surface area (Å²) < 4.78 is 17.3. The summed E-state index contributed by atoms with van der Waals surface area (Å²) >= 11 is 0. The van der Waals surface area contributed by atoms with Gasteiger partial charge in [0, 0.05) is 12.5 Å². The van der Waals surface area contributed by atoms with Gasteiger partial charge in [0.1, 0.15) is 11.3 Å². The van der Waals surface area contributed by atoms with Crippen molar-refractivity contribution in [2.24, 2.45) is 5.92 Å². The third-order valence-electron chi connectivity index (χ3n) is 4.61. The number of carbonyl (C=O) groups excluding carboxylic acids is 1. The minimum Gasteiger partial charge on any atom is -0.444 e. The van der Waals surface area contributed by atoms with Gasteiger partial charge >= 0.3 is 6.09 Å². The van der Waals surface area contributed by atoms with Gasteiger partial charge in [-0.1, -0.05) is 36.4 Å². The second kappa shape index (κ2) is 8.89. The predicted molar refractivity (Wildman–Crippen MR) is 106 cm³/mol. The Morgan fingerprint density at radius 1 is 1.37 bits per heavy atom. The van der Waals surface area contributed by atoms with Crippen molar-refractivity contribution >= 4 is 6.09 Å². The maximum atomic E-state index is 12.8. The smallest absolute Gasteiger partial charge is 0.412 e. The number of rotatable bonds is 7. The highest BCUT2D eigenvalue weighted by Gasteiger charge is 2.47. The number of hydrogen-bond donors (Lipinski definition) is 0. The molecule has 1 fully saturated rings. The number of benzene rings is 1. The second-order valence-corrected chi connectivity index (χ2v) is 8.40. The third-order valence-corrected chi connectivity index (χ3v) is 4.61. The van der Waals surface area contributed by atoms with E-state index in [0.29, 0.717) is 19.8 Å². The molecule has 0 aromatic heterocycles. The molecule has 0 saturated carbocycles. The highest BCUT2D eigenvalue weighted by molar-refractivity contribution is 5.69. The largest absolute Gasteiger partial charge is 0.444 e. The maximum absolute atomic E-state index is 12.8. The van der Waals surface area contributed by atoms with Gasteiger partial charge in [-0.05, 0) is 46.6 Å². The topological polar surface area (TPSA) is 48.0 Å². The molecule has 0 radical (unpaired) electrons. The maximum Gasteiger partial charge on any atom is 0.412 e. The first-order valence-electron chi connectivity index (χ1n) is 9.54. The Labute approximate surface area is 163 Å². The Morgan fingerprint density at radius 2 is 2.04 bits per heavy atom. The number of amides is 1. The van der Waals surface area contributed by atoms with Crippen LogP contribution >= 0.6 is 0 Å². The number of hydrogen-bond acceptors (Lipinski definition) is 4. The van der Waals surface area contributed by atoms with Crippen LogP contribution < -0.4 is 0 Å². The van der Waals surface area contributed by atoms with Crippen LogP contribution in [0.5, 0.6) is 0 Å². The van der Waals surface area contributed by atoms with Crippen molar-refractivity contribution in [3.8, 4) is 0 Å². The van der Waals surface area contributed by atoms with Crippen LogP contribution in [0.25, 0.3) is 0 Å². The van der Waals surface area contributed by atoms with E-state index in [1.54, 1.807) is 4.90 Å². The van der Waals surface area contributed by atoms with Gasteiger partial charge in [-0.2, -0.15) is 0 Å². The Morgan fingerprint density at radius 3 is 2.63 bits per heavy atom. The lowest BCUT2D eigenvalue weighted by atomic mass is 9.95. The quantitative estimate of drug-likeness (QED) is 0.509. The lowest BCUT2D eigenvalue weighted by Crippen LogP contribution is -2.51. The first kappa shape index (κ1) is 21.5. The molecule has 0 bridgehead atoms. The minimum atomic E-state index is -0.709. The second-order valence-electron chi connectivity index (χ2n) is 8.40. The first-order chi connectivity index (χ1) is 12.6. The van der Waals surface area contributed by atoms with Gasteiger partial charge in [-0.15, -0.1) is 6.58 Å². The molecule has 1 aliphatic heterocycles. The van der Waals surface area contributed by atoms with E-state index >= 15 is 0 Å². The fraction of sp³-hybridized carbons (Fsp3) is 0.591.